The Bertz CT molecular complexity index is 831. The molecule has 1 aromatic rings. The molecule has 0 radical (unpaired) electrons. The Balaban J connectivity index is 1.38. The highest BCUT2D eigenvalue weighted by Crippen LogP contribution is 2.63. The summed E-state index contributed by atoms with van der Waals surface area (Å²) in [5.41, 5.74) is 7.29. The number of methoxy groups -OCH3 is 1. The van der Waals surface area contributed by atoms with Crippen LogP contribution in [0.15, 0.2) is 24.3 Å². The molecule has 6 nitrogen and oxygen atoms in total. The van der Waals surface area contributed by atoms with Crippen LogP contribution in [0.25, 0.3) is 0 Å². The van der Waals surface area contributed by atoms with Gasteiger partial charge < -0.3 is 25.4 Å². The number of piperazine rings is 1. The first-order valence-corrected chi connectivity index (χ1v) is 12.2. The monoisotopic (exact) mass is 443 g/mol. The normalized spacial score (nSPS) is 34.3. The molecule has 1 aliphatic heterocycles. The highest BCUT2D eigenvalue weighted by atomic mass is 16.5. The van der Waals surface area contributed by atoms with Gasteiger partial charge in [0.2, 0.25) is 5.91 Å². The van der Waals surface area contributed by atoms with Crippen LogP contribution in [0, 0.1) is 16.7 Å². The van der Waals surface area contributed by atoms with Gasteiger partial charge in [-0.1, -0.05) is 26.0 Å². The van der Waals surface area contributed by atoms with Crippen LogP contribution in [0.2, 0.25) is 0 Å². The van der Waals surface area contributed by atoms with Crippen LogP contribution >= 0.6 is 0 Å². The maximum Gasteiger partial charge on any atom is 0.222 e. The number of anilines is 1. The van der Waals surface area contributed by atoms with Crippen molar-refractivity contribution in [3.63, 3.8) is 0 Å². The number of carbonyl (C=O) groups excluding carboxylic acids is 1. The summed E-state index contributed by atoms with van der Waals surface area (Å²) in [6.07, 6.45) is 4.85. The van der Waals surface area contributed by atoms with Crippen molar-refractivity contribution in [2.24, 2.45) is 22.5 Å². The standard InChI is InChI=1S/C26H41N3O3/c1-24(2)18-22(27)26(12-11-25(3,31)17-21(24)26)10-9-23(30)29-15-13-28(14-16-29)19-7-5-6-8-20(19)32-4/h5-8,21-22,31H,9-18,27H2,1-4H3. The van der Waals surface area contributed by atoms with E-state index in [4.69, 9.17) is 10.5 Å². The number of nitrogens with zero attached hydrogens (tertiary/aromatic N) is 2. The SMILES string of the molecule is COc1ccccc1N1CCN(C(=O)CCC23CCC(C)(O)CC2C(C)(C)CC3N)CC1. The lowest BCUT2D eigenvalue weighted by atomic mass is 9.57. The molecule has 0 bridgehead atoms. The number of carbonyl (C=O) groups is 1. The second-order valence-electron chi connectivity index (χ2n) is 11.3. The summed E-state index contributed by atoms with van der Waals surface area (Å²) in [7, 11) is 1.70. The zero-order valence-electron chi connectivity index (χ0n) is 20.3. The number of para-hydroxylation sites is 2. The fourth-order valence-corrected chi connectivity index (χ4v) is 6.90. The van der Waals surface area contributed by atoms with Crippen LogP contribution in [0.4, 0.5) is 5.69 Å². The lowest BCUT2D eigenvalue weighted by Crippen LogP contribution is -2.51. The fraction of sp³-hybridized carbons (Fsp3) is 0.731. The molecule has 0 spiro atoms. The van der Waals surface area contributed by atoms with E-state index in [-0.39, 0.29) is 22.8 Å². The quantitative estimate of drug-likeness (QED) is 0.729. The van der Waals surface area contributed by atoms with Gasteiger partial charge in [0.1, 0.15) is 5.75 Å². The molecule has 0 aromatic heterocycles. The van der Waals surface area contributed by atoms with Crippen molar-refractivity contribution in [1.82, 2.24) is 4.90 Å². The second-order valence-corrected chi connectivity index (χ2v) is 11.3. The molecule has 1 saturated heterocycles. The van der Waals surface area contributed by atoms with Crippen LogP contribution in [0.3, 0.4) is 0 Å². The third-order valence-electron chi connectivity index (χ3n) is 8.76. The summed E-state index contributed by atoms with van der Waals surface area (Å²) in [4.78, 5) is 17.5. The summed E-state index contributed by atoms with van der Waals surface area (Å²) in [6, 6.07) is 8.18. The lowest BCUT2D eigenvalue weighted by Gasteiger charge is -2.50. The number of ether oxygens (including phenoxy) is 1. The second kappa shape index (κ2) is 8.53. The van der Waals surface area contributed by atoms with E-state index in [9.17, 15) is 9.90 Å². The third-order valence-corrected chi connectivity index (χ3v) is 8.76. The molecule has 32 heavy (non-hydrogen) atoms. The van der Waals surface area contributed by atoms with Gasteiger partial charge in [-0.15, -0.1) is 0 Å². The van der Waals surface area contributed by atoms with E-state index in [1.54, 1.807) is 7.11 Å². The van der Waals surface area contributed by atoms with Crippen LogP contribution in [-0.4, -0.2) is 60.8 Å². The number of aliphatic hydroxyl groups is 1. The van der Waals surface area contributed by atoms with E-state index in [2.05, 4.69) is 24.8 Å². The molecule has 3 fully saturated rings. The minimum absolute atomic E-state index is 0.0272. The number of benzene rings is 1. The summed E-state index contributed by atoms with van der Waals surface area (Å²) in [6.45, 7) is 9.64. The average molecular weight is 444 g/mol. The van der Waals surface area contributed by atoms with Gasteiger partial charge in [0, 0.05) is 38.6 Å². The van der Waals surface area contributed by atoms with Crippen LogP contribution in [0.1, 0.15) is 59.3 Å². The van der Waals surface area contributed by atoms with Crippen molar-refractivity contribution in [1.29, 1.82) is 0 Å². The Morgan fingerprint density at radius 2 is 1.81 bits per heavy atom. The van der Waals surface area contributed by atoms with E-state index in [1.807, 2.05) is 30.0 Å². The lowest BCUT2D eigenvalue weighted by molar-refractivity contribution is -0.133. The smallest absolute Gasteiger partial charge is 0.222 e. The molecule has 178 valence electrons. The third kappa shape index (κ3) is 4.24. The van der Waals surface area contributed by atoms with Crippen molar-refractivity contribution >= 4 is 11.6 Å². The Morgan fingerprint density at radius 3 is 2.50 bits per heavy atom. The molecule has 1 aromatic carbocycles. The molecule has 3 N–H and O–H groups in total. The first-order valence-electron chi connectivity index (χ1n) is 12.2. The highest BCUT2D eigenvalue weighted by molar-refractivity contribution is 5.76. The summed E-state index contributed by atoms with van der Waals surface area (Å²) in [5, 5.41) is 10.8. The van der Waals surface area contributed by atoms with E-state index < -0.39 is 5.60 Å². The molecule has 4 rings (SSSR count). The van der Waals surface area contributed by atoms with Crippen LogP contribution < -0.4 is 15.4 Å². The van der Waals surface area contributed by atoms with Crippen molar-refractivity contribution in [2.45, 2.75) is 70.9 Å². The van der Waals surface area contributed by atoms with Gasteiger partial charge in [-0.05, 0) is 67.9 Å². The van der Waals surface area contributed by atoms with Crippen LogP contribution in [0.5, 0.6) is 5.75 Å². The number of hydrogen-bond donors (Lipinski definition) is 2. The van der Waals surface area contributed by atoms with Gasteiger partial charge in [-0.25, -0.2) is 0 Å². The molecule has 1 heterocycles. The molecular formula is C26H41N3O3. The summed E-state index contributed by atoms with van der Waals surface area (Å²) < 4.78 is 5.51. The maximum atomic E-state index is 13.2. The summed E-state index contributed by atoms with van der Waals surface area (Å²) in [5.74, 6) is 1.49. The number of fused-ring (bicyclic) bond motifs is 1. The van der Waals surface area contributed by atoms with Gasteiger partial charge >= 0.3 is 0 Å². The Labute approximate surface area is 193 Å². The van der Waals surface area contributed by atoms with Crippen molar-refractivity contribution in [3.8, 4) is 5.75 Å². The maximum absolute atomic E-state index is 13.2. The minimum Gasteiger partial charge on any atom is -0.495 e. The number of amides is 1. The van der Waals surface area contributed by atoms with Crippen molar-refractivity contribution in [2.75, 3.05) is 38.2 Å². The van der Waals surface area contributed by atoms with Gasteiger partial charge in [0.15, 0.2) is 0 Å². The van der Waals surface area contributed by atoms with E-state index in [0.717, 1.165) is 69.7 Å². The average Bonchev–Trinajstić information content (AvgIpc) is 2.96. The Hall–Kier alpha value is -1.79. The predicted octanol–water partition coefficient (Wildman–Crippen LogP) is 3.42. The number of rotatable bonds is 5. The largest absolute Gasteiger partial charge is 0.495 e. The van der Waals surface area contributed by atoms with Gasteiger partial charge in [-0.2, -0.15) is 0 Å². The highest BCUT2D eigenvalue weighted by Gasteiger charge is 2.60. The molecule has 1 amide bonds. The van der Waals surface area contributed by atoms with Crippen molar-refractivity contribution in [3.05, 3.63) is 24.3 Å². The zero-order valence-corrected chi connectivity index (χ0v) is 20.3. The van der Waals surface area contributed by atoms with E-state index >= 15 is 0 Å². The summed E-state index contributed by atoms with van der Waals surface area (Å²) >= 11 is 0. The van der Waals surface area contributed by atoms with Crippen molar-refractivity contribution < 1.29 is 14.6 Å². The van der Waals surface area contributed by atoms with Gasteiger partial charge in [0.05, 0.1) is 18.4 Å². The van der Waals surface area contributed by atoms with Crippen LogP contribution in [-0.2, 0) is 4.79 Å². The first-order chi connectivity index (χ1) is 15.1. The number of nitrogens with two attached hydrogens (primary N) is 1. The molecule has 4 unspecified atom stereocenters. The molecule has 6 heteroatoms. The zero-order chi connectivity index (χ0) is 23.1. The van der Waals surface area contributed by atoms with E-state index in [0.29, 0.717) is 12.3 Å². The Kier molecular flexibility index (Phi) is 6.23. The van der Waals surface area contributed by atoms with E-state index in [1.165, 1.54) is 0 Å². The van der Waals surface area contributed by atoms with Gasteiger partial charge in [-0.3, -0.25) is 4.79 Å². The first kappa shape index (κ1) is 23.4. The van der Waals surface area contributed by atoms with Gasteiger partial charge in [0.25, 0.3) is 0 Å². The molecule has 2 saturated carbocycles. The topological polar surface area (TPSA) is 79.0 Å². The molecule has 4 atom stereocenters. The number of hydrogen-bond acceptors (Lipinski definition) is 5. The predicted molar refractivity (Wildman–Crippen MR) is 128 cm³/mol. The Morgan fingerprint density at radius 1 is 1.12 bits per heavy atom. The molecule has 2 aliphatic carbocycles. The minimum atomic E-state index is -0.617. The fourth-order valence-electron chi connectivity index (χ4n) is 6.90. The molecule has 3 aliphatic rings. The molecular weight excluding hydrogens is 402 g/mol.